The number of nitrogens with zero attached hydrogens (tertiary/aromatic N) is 5. The second kappa shape index (κ2) is 16.8. The summed E-state index contributed by atoms with van der Waals surface area (Å²) in [5.74, 6) is 5.05. The number of aromatic nitrogens is 3. The first-order chi connectivity index (χ1) is 36.5. The van der Waals surface area contributed by atoms with E-state index in [1.165, 1.54) is 99.5 Å². The molecule has 0 spiro atoms. The summed E-state index contributed by atoms with van der Waals surface area (Å²) in [6.45, 7) is 21.7. The zero-order valence-electron chi connectivity index (χ0n) is 45.9. The molecule has 6 nitrogen and oxygen atoms in total. The van der Waals surface area contributed by atoms with Crippen LogP contribution in [0.25, 0.3) is 55.1 Å². The number of para-hydroxylation sites is 3. The zero-order valence-corrected chi connectivity index (χ0v) is 45.9. The average Bonchev–Trinajstić information content (AvgIpc) is 4.25. The molecule has 0 unspecified atom stereocenters. The molecule has 0 radical (unpaired) electrons. The molecule has 76 heavy (non-hydrogen) atoms. The summed E-state index contributed by atoms with van der Waals surface area (Å²) in [6.07, 6.45) is 10.2. The van der Waals surface area contributed by atoms with Crippen molar-refractivity contribution in [3.05, 3.63) is 186 Å². The van der Waals surface area contributed by atoms with Crippen molar-refractivity contribution in [2.75, 3.05) is 16.5 Å². The van der Waals surface area contributed by atoms with Crippen LogP contribution in [0.5, 0.6) is 11.5 Å². The summed E-state index contributed by atoms with van der Waals surface area (Å²) >= 11 is 0. The van der Waals surface area contributed by atoms with Crippen LogP contribution in [0.2, 0.25) is 0 Å². The summed E-state index contributed by atoms with van der Waals surface area (Å²) in [4.78, 5) is 10.3. The molecular weight excluding hydrogens is 927 g/mol. The summed E-state index contributed by atoms with van der Waals surface area (Å²) in [5, 5.41) is 4.82. The van der Waals surface area contributed by atoms with E-state index < -0.39 is 0 Å². The molecule has 382 valence electrons. The largest absolute Gasteiger partial charge is 0.457 e. The fourth-order valence-electron chi connectivity index (χ4n) is 14.8. The summed E-state index contributed by atoms with van der Waals surface area (Å²) < 4.78 is 11.8. The number of rotatable bonds is 7. The number of fused-ring (bicyclic) bond motifs is 7. The molecule has 7 aromatic carbocycles. The third-order valence-electron chi connectivity index (χ3n) is 18.2. The lowest BCUT2D eigenvalue weighted by atomic mass is 9.48. The van der Waals surface area contributed by atoms with E-state index in [1.54, 1.807) is 5.56 Å². The van der Waals surface area contributed by atoms with Crippen LogP contribution in [0.3, 0.4) is 0 Å². The molecule has 4 fully saturated rings. The lowest BCUT2D eigenvalue weighted by Crippen LogP contribution is -2.48. The second-order valence-electron chi connectivity index (χ2n) is 26.5. The number of hydrogen-bond acceptors (Lipinski definition) is 4. The van der Waals surface area contributed by atoms with E-state index in [4.69, 9.17) is 9.72 Å². The van der Waals surface area contributed by atoms with Crippen LogP contribution in [0.15, 0.2) is 164 Å². The number of benzene rings is 7. The van der Waals surface area contributed by atoms with Gasteiger partial charge in [0, 0.05) is 56.9 Å². The molecule has 15 rings (SSSR count). The molecular formula is C70H71N5O. The van der Waals surface area contributed by atoms with Crippen molar-refractivity contribution in [2.45, 2.75) is 122 Å². The molecule has 4 heterocycles. The molecule has 10 aromatic rings. The normalized spacial score (nSPS) is 20.5. The van der Waals surface area contributed by atoms with Gasteiger partial charge in [-0.05, 0) is 185 Å². The Kier molecular flexibility index (Phi) is 10.5. The topological polar surface area (TPSA) is 38.5 Å². The SMILES string of the molecule is CC(C)(C)c1cc(N2CN(c3cccc(Oc4ccc5c6cc(-n7c8ccccc8c8ccccc87)ccc6n(-c6cc(C(C)(C)C)ccn6)c5c4)c3)c3cccc(C45CC6CC(CC(C6)C4)C5)c32)cc(C(C)(C)C)c1. The minimum Gasteiger partial charge on any atom is -0.457 e. The Morgan fingerprint density at radius 2 is 1.05 bits per heavy atom. The van der Waals surface area contributed by atoms with Gasteiger partial charge in [-0.1, -0.05) is 123 Å². The van der Waals surface area contributed by atoms with E-state index >= 15 is 0 Å². The first-order valence-corrected chi connectivity index (χ1v) is 28.1. The monoisotopic (exact) mass is 998 g/mol. The van der Waals surface area contributed by atoms with Crippen LogP contribution in [0, 0.1) is 17.8 Å². The summed E-state index contributed by atoms with van der Waals surface area (Å²) in [6, 6.07) is 58.9. The predicted octanol–water partition coefficient (Wildman–Crippen LogP) is 18.7. The first kappa shape index (κ1) is 47.2. The smallest absolute Gasteiger partial charge is 0.137 e. The van der Waals surface area contributed by atoms with Gasteiger partial charge in [-0.2, -0.15) is 0 Å². The number of ether oxygens (including phenoxy) is 1. The van der Waals surface area contributed by atoms with Crippen LogP contribution in [0.1, 0.15) is 123 Å². The third kappa shape index (κ3) is 7.67. The molecule has 4 aliphatic carbocycles. The molecule has 3 aromatic heterocycles. The van der Waals surface area contributed by atoms with E-state index in [2.05, 4.69) is 239 Å². The fourth-order valence-corrected chi connectivity index (χ4v) is 14.8. The molecule has 0 N–H and O–H groups in total. The van der Waals surface area contributed by atoms with Crippen molar-refractivity contribution >= 4 is 66.4 Å². The highest BCUT2D eigenvalue weighted by Gasteiger charge is 2.53. The minimum absolute atomic E-state index is 0.00409. The first-order valence-electron chi connectivity index (χ1n) is 28.1. The van der Waals surface area contributed by atoms with Crippen molar-refractivity contribution in [2.24, 2.45) is 17.8 Å². The molecule has 5 aliphatic rings. The Hall–Kier alpha value is -7.31. The van der Waals surface area contributed by atoms with Crippen LogP contribution in [-0.2, 0) is 21.7 Å². The van der Waals surface area contributed by atoms with Crippen LogP contribution in [0.4, 0.5) is 22.7 Å². The molecule has 0 atom stereocenters. The van der Waals surface area contributed by atoms with Crippen molar-refractivity contribution in [1.29, 1.82) is 0 Å². The van der Waals surface area contributed by atoms with Crippen LogP contribution >= 0.6 is 0 Å². The van der Waals surface area contributed by atoms with E-state index in [9.17, 15) is 0 Å². The van der Waals surface area contributed by atoms with Crippen LogP contribution in [-0.4, -0.2) is 20.8 Å². The fraction of sp³-hybridized carbons (Fsp3) is 0.329. The molecule has 6 heteroatoms. The van der Waals surface area contributed by atoms with Crippen molar-refractivity contribution in [3.63, 3.8) is 0 Å². The van der Waals surface area contributed by atoms with Gasteiger partial charge in [0.2, 0.25) is 0 Å². The Balaban J connectivity index is 0.880. The Labute approximate surface area is 449 Å². The Bertz CT molecular complexity index is 3840. The zero-order chi connectivity index (χ0) is 52.0. The highest BCUT2D eigenvalue weighted by molar-refractivity contribution is 6.12. The van der Waals surface area contributed by atoms with Gasteiger partial charge in [0.15, 0.2) is 0 Å². The third-order valence-corrected chi connectivity index (χ3v) is 18.2. The van der Waals surface area contributed by atoms with Gasteiger partial charge in [0.05, 0.1) is 33.4 Å². The van der Waals surface area contributed by atoms with Gasteiger partial charge in [-0.25, -0.2) is 4.98 Å². The number of anilines is 4. The Morgan fingerprint density at radius 1 is 0.447 bits per heavy atom. The van der Waals surface area contributed by atoms with Gasteiger partial charge in [0.25, 0.3) is 0 Å². The van der Waals surface area contributed by atoms with Gasteiger partial charge in [0.1, 0.15) is 24.0 Å². The molecule has 0 amide bonds. The Morgan fingerprint density at radius 3 is 1.71 bits per heavy atom. The van der Waals surface area contributed by atoms with E-state index in [0.717, 1.165) is 69.5 Å². The van der Waals surface area contributed by atoms with Gasteiger partial charge in [-0.3, -0.25) is 4.57 Å². The maximum absolute atomic E-state index is 7.05. The maximum Gasteiger partial charge on any atom is 0.137 e. The molecule has 4 bridgehead atoms. The molecule has 4 saturated carbocycles. The quantitative estimate of drug-likeness (QED) is 0.159. The highest BCUT2D eigenvalue weighted by Crippen LogP contribution is 2.64. The number of pyridine rings is 1. The van der Waals surface area contributed by atoms with Gasteiger partial charge >= 0.3 is 0 Å². The summed E-state index contributed by atoms with van der Waals surface area (Å²) in [7, 11) is 0. The lowest BCUT2D eigenvalue weighted by molar-refractivity contribution is -0.00489. The minimum atomic E-state index is -0.0471. The van der Waals surface area contributed by atoms with E-state index in [-0.39, 0.29) is 21.7 Å². The highest BCUT2D eigenvalue weighted by atomic mass is 16.5. The van der Waals surface area contributed by atoms with Crippen molar-refractivity contribution in [1.82, 2.24) is 14.1 Å². The van der Waals surface area contributed by atoms with Crippen molar-refractivity contribution in [3.8, 4) is 23.0 Å². The molecule has 1 aliphatic heterocycles. The predicted molar refractivity (Wildman–Crippen MR) is 317 cm³/mol. The second-order valence-corrected chi connectivity index (χ2v) is 26.5. The van der Waals surface area contributed by atoms with Crippen LogP contribution < -0.4 is 14.5 Å². The standard InChI is InChI=1S/C70H71N5O/c1-67(2,3)47-28-29-71-65(36-47)75-62-27-24-51(74-60-21-12-10-18-55(60)56-19-11-13-22-61(56)74)38-58(62)57-26-25-54(39-64(57)75)76-53-17-14-16-50(37-53)72-43-73(52-34-48(68(4,5)6)33-49(35-52)69(7,8)9)66-59(20-15-23-63(66)72)70-40-44-30-45(41-70)32-46(31-44)42-70/h10-29,33-39,44-46H,30-32,40-43H2,1-9H3. The summed E-state index contributed by atoms with van der Waals surface area (Å²) in [5.41, 5.74) is 16.6. The lowest BCUT2D eigenvalue weighted by Gasteiger charge is -2.57. The van der Waals surface area contributed by atoms with E-state index in [0.29, 0.717) is 0 Å². The van der Waals surface area contributed by atoms with E-state index in [1.807, 2.05) is 6.20 Å². The van der Waals surface area contributed by atoms with Gasteiger partial charge in [-0.15, -0.1) is 0 Å². The number of hydrogen-bond donors (Lipinski definition) is 0. The average molecular weight is 998 g/mol. The molecule has 0 saturated heterocycles. The van der Waals surface area contributed by atoms with Gasteiger partial charge < -0.3 is 19.1 Å². The maximum atomic E-state index is 7.05. The van der Waals surface area contributed by atoms with Crippen molar-refractivity contribution < 1.29 is 4.74 Å².